The number of halogens is 1. The van der Waals surface area contributed by atoms with E-state index in [9.17, 15) is 5.11 Å². The Morgan fingerprint density at radius 1 is 1.23 bits per heavy atom. The van der Waals surface area contributed by atoms with Crippen LogP contribution >= 0.6 is 34.3 Å². The Balaban J connectivity index is 1.52. The number of aromatic nitrogens is 1. The van der Waals surface area contributed by atoms with Crippen LogP contribution in [0.3, 0.4) is 0 Å². The molecule has 2 N–H and O–H groups in total. The lowest BCUT2D eigenvalue weighted by molar-refractivity contribution is 0.351. The van der Waals surface area contributed by atoms with Crippen molar-refractivity contribution in [3.63, 3.8) is 0 Å². The number of thiophene rings is 1. The molecular formula is C19H16ClN3OS2. The van der Waals surface area contributed by atoms with Crippen molar-refractivity contribution < 1.29 is 5.11 Å². The molecule has 132 valence electrons. The third kappa shape index (κ3) is 3.40. The molecule has 0 saturated heterocycles. The van der Waals surface area contributed by atoms with E-state index in [4.69, 9.17) is 17.0 Å². The van der Waals surface area contributed by atoms with Gasteiger partial charge in [-0.3, -0.25) is 5.41 Å². The number of nitrogens with zero attached hydrogens (tertiary/aromatic N) is 2. The van der Waals surface area contributed by atoms with E-state index in [1.807, 2.05) is 40.6 Å². The van der Waals surface area contributed by atoms with Crippen LogP contribution < -0.4 is 0 Å². The Bertz CT molecular complexity index is 978. The zero-order valence-electron chi connectivity index (χ0n) is 13.8. The predicted octanol–water partition coefficient (Wildman–Crippen LogP) is 5.33. The summed E-state index contributed by atoms with van der Waals surface area (Å²) in [4.78, 5) is 7.80. The highest BCUT2D eigenvalue weighted by molar-refractivity contribution is 7.11. The van der Waals surface area contributed by atoms with Gasteiger partial charge in [0.25, 0.3) is 0 Å². The number of aliphatic hydroxyl groups excluding tert-OH is 1. The molecule has 7 heteroatoms. The lowest BCUT2D eigenvalue weighted by atomic mass is 10.2. The summed E-state index contributed by atoms with van der Waals surface area (Å²) >= 11 is 9.21. The van der Waals surface area contributed by atoms with Crippen molar-refractivity contribution >= 4 is 45.7 Å². The molecule has 26 heavy (non-hydrogen) atoms. The molecule has 2 aromatic heterocycles. The number of nitrogens with one attached hydrogen (secondary N) is 1. The Labute approximate surface area is 164 Å². The Morgan fingerprint density at radius 2 is 2.12 bits per heavy atom. The normalized spacial score (nSPS) is 14.5. The van der Waals surface area contributed by atoms with Crippen LogP contribution in [-0.4, -0.2) is 33.9 Å². The van der Waals surface area contributed by atoms with E-state index in [2.05, 4.69) is 16.4 Å². The van der Waals surface area contributed by atoms with Crippen molar-refractivity contribution in [2.24, 2.45) is 0 Å². The molecule has 0 atom stereocenters. The minimum atomic E-state index is 0.216. The SMILES string of the molecule is N=C1C(c2nc(-c3cccc(Cl)c3)cs2)=C(O)CN1CCc1cccs1. The second-order valence-corrected chi connectivity index (χ2v) is 8.30. The van der Waals surface area contributed by atoms with Crippen molar-refractivity contribution in [1.82, 2.24) is 9.88 Å². The van der Waals surface area contributed by atoms with Gasteiger partial charge in [-0.15, -0.1) is 22.7 Å². The molecule has 0 unspecified atom stereocenters. The number of hydrogen-bond donors (Lipinski definition) is 2. The molecule has 4 nitrogen and oxygen atoms in total. The topological polar surface area (TPSA) is 60.2 Å². The average Bonchev–Trinajstić information content (AvgIpc) is 3.34. The van der Waals surface area contributed by atoms with E-state index in [1.54, 1.807) is 11.3 Å². The van der Waals surface area contributed by atoms with Crippen LogP contribution in [0.5, 0.6) is 0 Å². The summed E-state index contributed by atoms with van der Waals surface area (Å²) in [6.45, 7) is 1.07. The maximum atomic E-state index is 10.4. The molecule has 0 radical (unpaired) electrons. The monoisotopic (exact) mass is 401 g/mol. The quantitative estimate of drug-likeness (QED) is 0.607. The van der Waals surface area contributed by atoms with Crippen LogP contribution in [0, 0.1) is 5.41 Å². The molecule has 1 aliphatic heterocycles. The van der Waals surface area contributed by atoms with Gasteiger partial charge in [-0.1, -0.05) is 29.8 Å². The summed E-state index contributed by atoms with van der Waals surface area (Å²) in [7, 11) is 0. The third-order valence-electron chi connectivity index (χ3n) is 4.23. The second kappa shape index (κ2) is 7.23. The second-order valence-electron chi connectivity index (χ2n) is 5.97. The molecule has 0 bridgehead atoms. The minimum Gasteiger partial charge on any atom is -0.510 e. The van der Waals surface area contributed by atoms with Gasteiger partial charge >= 0.3 is 0 Å². The number of thiazole rings is 1. The molecule has 1 aromatic carbocycles. The van der Waals surface area contributed by atoms with Crippen molar-refractivity contribution in [1.29, 1.82) is 5.41 Å². The number of benzene rings is 1. The molecule has 0 aliphatic carbocycles. The fraction of sp³-hybridized carbons (Fsp3) is 0.158. The molecular weight excluding hydrogens is 386 g/mol. The van der Waals surface area contributed by atoms with Gasteiger partial charge in [-0.2, -0.15) is 0 Å². The van der Waals surface area contributed by atoms with Crippen LogP contribution in [0.1, 0.15) is 9.88 Å². The zero-order valence-corrected chi connectivity index (χ0v) is 16.2. The van der Waals surface area contributed by atoms with Crippen molar-refractivity contribution in [2.45, 2.75) is 6.42 Å². The molecule has 4 rings (SSSR count). The highest BCUT2D eigenvalue weighted by Gasteiger charge is 2.30. The first-order valence-electron chi connectivity index (χ1n) is 8.12. The summed E-state index contributed by atoms with van der Waals surface area (Å²) in [5.74, 6) is 0.555. The minimum absolute atomic E-state index is 0.216. The zero-order chi connectivity index (χ0) is 18.1. The highest BCUT2D eigenvalue weighted by Crippen LogP contribution is 2.32. The third-order valence-corrected chi connectivity index (χ3v) is 6.26. The fourth-order valence-corrected chi connectivity index (χ4v) is 4.70. The lowest BCUT2D eigenvalue weighted by Gasteiger charge is -2.17. The van der Waals surface area contributed by atoms with E-state index < -0.39 is 0 Å². The van der Waals surface area contributed by atoms with E-state index >= 15 is 0 Å². The van der Waals surface area contributed by atoms with Gasteiger partial charge < -0.3 is 10.0 Å². The number of aliphatic hydroxyl groups is 1. The van der Waals surface area contributed by atoms with E-state index in [0.717, 1.165) is 17.7 Å². The van der Waals surface area contributed by atoms with E-state index in [0.29, 0.717) is 34.5 Å². The van der Waals surface area contributed by atoms with Gasteiger partial charge in [0.1, 0.15) is 16.6 Å². The molecule has 0 fully saturated rings. The fourth-order valence-electron chi connectivity index (χ4n) is 2.92. The number of rotatable bonds is 5. The summed E-state index contributed by atoms with van der Waals surface area (Å²) in [6, 6.07) is 11.6. The van der Waals surface area contributed by atoms with E-state index in [-0.39, 0.29) is 5.76 Å². The van der Waals surface area contributed by atoms with Crippen LogP contribution in [0.2, 0.25) is 5.02 Å². The van der Waals surface area contributed by atoms with Crippen LogP contribution in [0.25, 0.3) is 16.8 Å². The van der Waals surface area contributed by atoms with Gasteiger partial charge in [0, 0.05) is 27.4 Å². The van der Waals surface area contributed by atoms with E-state index in [1.165, 1.54) is 16.2 Å². The van der Waals surface area contributed by atoms with Crippen molar-refractivity contribution in [3.05, 3.63) is 67.8 Å². The summed E-state index contributed by atoms with van der Waals surface area (Å²) in [6.07, 6.45) is 0.867. The van der Waals surface area contributed by atoms with Crippen LogP contribution in [0.4, 0.5) is 0 Å². The predicted molar refractivity (Wildman–Crippen MR) is 109 cm³/mol. The summed E-state index contributed by atoms with van der Waals surface area (Å²) in [5, 5.41) is 24.2. The number of amidine groups is 1. The molecule has 3 heterocycles. The van der Waals surface area contributed by atoms with Gasteiger partial charge in [0.15, 0.2) is 0 Å². The van der Waals surface area contributed by atoms with Gasteiger partial charge in [-0.05, 0) is 30.0 Å². The van der Waals surface area contributed by atoms with Gasteiger partial charge in [0.05, 0.1) is 17.8 Å². The molecule has 0 saturated carbocycles. The summed E-state index contributed by atoms with van der Waals surface area (Å²) < 4.78 is 0. The highest BCUT2D eigenvalue weighted by atomic mass is 35.5. The van der Waals surface area contributed by atoms with Crippen LogP contribution in [-0.2, 0) is 6.42 Å². The average molecular weight is 402 g/mol. The molecule has 0 amide bonds. The first kappa shape index (κ1) is 17.3. The standard InChI is InChI=1S/C19H16ClN3OS2/c20-13-4-1-3-12(9-13)15-11-26-19(22-15)17-16(24)10-23(18(17)21)7-6-14-5-2-8-25-14/h1-5,8-9,11,21,24H,6-7,10H2. The van der Waals surface area contributed by atoms with Crippen molar-refractivity contribution in [3.8, 4) is 11.3 Å². The molecule has 1 aliphatic rings. The Morgan fingerprint density at radius 3 is 2.88 bits per heavy atom. The van der Waals surface area contributed by atoms with Gasteiger partial charge in [0.2, 0.25) is 0 Å². The Hall–Kier alpha value is -2.15. The van der Waals surface area contributed by atoms with Crippen LogP contribution in [0.15, 0.2) is 52.9 Å². The number of hydrogen-bond acceptors (Lipinski definition) is 5. The smallest absolute Gasteiger partial charge is 0.135 e. The summed E-state index contributed by atoms with van der Waals surface area (Å²) in [5.41, 5.74) is 2.27. The molecule has 0 spiro atoms. The van der Waals surface area contributed by atoms with Gasteiger partial charge in [-0.25, -0.2) is 4.98 Å². The largest absolute Gasteiger partial charge is 0.510 e. The molecule has 3 aromatic rings. The van der Waals surface area contributed by atoms with Crippen molar-refractivity contribution in [2.75, 3.05) is 13.1 Å². The maximum Gasteiger partial charge on any atom is 0.135 e. The first-order chi connectivity index (χ1) is 12.6. The lowest BCUT2D eigenvalue weighted by Crippen LogP contribution is -2.28. The maximum absolute atomic E-state index is 10.4. The first-order valence-corrected chi connectivity index (χ1v) is 10.3. The Kier molecular flexibility index (Phi) is 4.80.